The van der Waals surface area contributed by atoms with Crippen LogP contribution in [0.25, 0.3) is 6.08 Å². The van der Waals surface area contributed by atoms with E-state index >= 15 is 0 Å². The second-order valence-corrected chi connectivity index (χ2v) is 5.53. The fraction of sp³-hybridized carbons (Fsp3) is 0.111. The molecule has 0 atom stereocenters. The van der Waals surface area contributed by atoms with E-state index in [1.165, 1.54) is 6.08 Å². The fourth-order valence-corrected chi connectivity index (χ4v) is 2.68. The average Bonchev–Trinajstić information content (AvgIpc) is 3.17. The molecule has 4 rings (SSSR count). The van der Waals surface area contributed by atoms with Crippen LogP contribution in [-0.4, -0.2) is 18.6 Å². The highest BCUT2D eigenvalue weighted by Gasteiger charge is 2.17. The minimum atomic E-state index is -0.245. The Hall–Kier alpha value is -3.28. The van der Waals surface area contributed by atoms with Crippen molar-refractivity contribution in [2.75, 3.05) is 17.4 Å². The number of benzene rings is 2. The second kappa shape index (κ2) is 5.73. The van der Waals surface area contributed by atoms with Crippen molar-refractivity contribution in [3.05, 3.63) is 53.6 Å². The molecule has 6 heteroatoms. The molecule has 6 nitrogen and oxygen atoms in total. The number of hydrogen-bond donors (Lipinski definition) is 2. The van der Waals surface area contributed by atoms with E-state index in [-0.39, 0.29) is 18.6 Å². The van der Waals surface area contributed by atoms with Gasteiger partial charge in [0.1, 0.15) is 0 Å². The molecular weight excluding hydrogens is 308 g/mol. The van der Waals surface area contributed by atoms with Gasteiger partial charge in [0.05, 0.1) is 6.42 Å². The van der Waals surface area contributed by atoms with E-state index in [4.69, 9.17) is 9.47 Å². The minimum Gasteiger partial charge on any atom is -0.454 e. The van der Waals surface area contributed by atoms with Crippen LogP contribution < -0.4 is 20.1 Å². The third-order valence-corrected chi connectivity index (χ3v) is 3.82. The number of carbonyl (C=O) groups is 2. The van der Waals surface area contributed by atoms with Crippen molar-refractivity contribution >= 4 is 29.3 Å². The molecule has 0 radical (unpaired) electrons. The van der Waals surface area contributed by atoms with Gasteiger partial charge in [0, 0.05) is 17.5 Å². The Morgan fingerprint density at radius 2 is 2.00 bits per heavy atom. The van der Waals surface area contributed by atoms with Gasteiger partial charge >= 0.3 is 0 Å². The van der Waals surface area contributed by atoms with Gasteiger partial charge in [-0.15, -0.1) is 0 Å². The first kappa shape index (κ1) is 14.3. The number of hydrogen-bond acceptors (Lipinski definition) is 4. The highest BCUT2D eigenvalue weighted by atomic mass is 16.7. The van der Waals surface area contributed by atoms with Crippen molar-refractivity contribution in [1.82, 2.24) is 0 Å². The fourth-order valence-electron chi connectivity index (χ4n) is 2.68. The Balaban J connectivity index is 1.43. The summed E-state index contributed by atoms with van der Waals surface area (Å²) in [4.78, 5) is 23.4. The number of carbonyl (C=O) groups excluding carboxylic acids is 2. The molecule has 2 aliphatic rings. The highest BCUT2D eigenvalue weighted by Crippen LogP contribution is 2.32. The molecule has 0 aromatic heterocycles. The number of amides is 2. The molecule has 2 aromatic rings. The SMILES string of the molecule is O=C(C=Cc1ccc2c(c1)OCO2)Nc1ccc2c(c1)CC(=O)N2. The molecule has 2 amide bonds. The molecule has 0 saturated carbocycles. The Bertz CT molecular complexity index is 873. The van der Waals surface area contributed by atoms with Crippen molar-refractivity contribution in [3.8, 4) is 11.5 Å². The Morgan fingerprint density at radius 3 is 2.92 bits per heavy atom. The molecule has 0 unspecified atom stereocenters. The first-order chi connectivity index (χ1) is 11.7. The summed E-state index contributed by atoms with van der Waals surface area (Å²) in [5.74, 6) is 1.10. The molecule has 0 bridgehead atoms. The third kappa shape index (κ3) is 2.81. The number of rotatable bonds is 3. The van der Waals surface area contributed by atoms with E-state index in [9.17, 15) is 9.59 Å². The van der Waals surface area contributed by atoms with Gasteiger partial charge < -0.3 is 20.1 Å². The van der Waals surface area contributed by atoms with Gasteiger partial charge in [0.15, 0.2) is 11.5 Å². The third-order valence-electron chi connectivity index (χ3n) is 3.82. The predicted octanol–water partition coefficient (Wildman–Crippen LogP) is 2.56. The lowest BCUT2D eigenvalue weighted by Gasteiger charge is -2.04. The maximum absolute atomic E-state index is 12.0. The van der Waals surface area contributed by atoms with Crippen LogP contribution >= 0.6 is 0 Å². The van der Waals surface area contributed by atoms with Crippen LogP contribution in [0, 0.1) is 0 Å². The maximum atomic E-state index is 12.0. The van der Waals surface area contributed by atoms with Gasteiger partial charge in [-0.05, 0) is 47.5 Å². The first-order valence-electron chi connectivity index (χ1n) is 7.49. The summed E-state index contributed by atoms with van der Waals surface area (Å²) in [5.41, 5.74) is 3.19. The lowest BCUT2D eigenvalue weighted by molar-refractivity contribution is -0.115. The van der Waals surface area contributed by atoms with E-state index in [1.807, 2.05) is 18.2 Å². The van der Waals surface area contributed by atoms with Crippen molar-refractivity contribution in [2.45, 2.75) is 6.42 Å². The monoisotopic (exact) mass is 322 g/mol. The van der Waals surface area contributed by atoms with Crippen LogP contribution in [0.4, 0.5) is 11.4 Å². The largest absolute Gasteiger partial charge is 0.454 e. The molecule has 24 heavy (non-hydrogen) atoms. The quantitative estimate of drug-likeness (QED) is 0.852. The molecule has 2 N–H and O–H groups in total. The summed E-state index contributed by atoms with van der Waals surface area (Å²) in [6.07, 6.45) is 3.50. The molecule has 2 aromatic carbocycles. The van der Waals surface area contributed by atoms with E-state index in [2.05, 4.69) is 10.6 Å². The summed E-state index contributed by atoms with van der Waals surface area (Å²) in [6, 6.07) is 10.8. The maximum Gasteiger partial charge on any atom is 0.248 e. The molecule has 0 saturated heterocycles. The van der Waals surface area contributed by atoms with Crippen molar-refractivity contribution in [1.29, 1.82) is 0 Å². The Labute approximate surface area is 138 Å². The van der Waals surface area contributed by atoms with Crippen LogP contribution in [-0.2, 0) is 16.0 Å². The highest BCUT2D eigenvalue weighted by molar-refractivity contribution is 6.03. The van der Waals surface area contributed by atoms with Crippen molar-refractivity contribution < 1.29 is 19.1 Å². The summed E-state index contributed by atoms with van der Waals surface area (Å²) in [7, 11) is 0. The number of ether oxygens (including phenoxy) is 2. The number of anilines is 2. The van der Waals surface area contributed by atoms with Crippen molar-refractivity contribution in [2.24, 2.45) is 0 Å². The summed E-state index contributed by atoms with van der Waals surface area (Å²) in [5, 5.41) is 5.55. The standard InChI is InChI=1S/C18H14N2O4/c21-17(6-2-11-1-5-15-16(7-11)24-10-23-15)19-13-3-4-14-12(8-13)9-18(22)20-14/h1-8H,9-10H2,(H,19,21)(H,20,22). The van der Waals surface area contributed by atoms with E-state index in [0.29, 0.717) is 23.6 Å². The summed E-state index contributed by atoms with van der Waals surface area (Å²) >= 11 is 0. The van der Waals surface area contributed by atoms with Gasteiger partial charge in [0.25, 0.3) is 0 Å². The van der Waals surface area contributed by atoms with Crippen LogP contribution in [0.5, 0.6) is 11.5 Å². The van der Waals surface area contributed by atoms with E-state index in [1.54, 1.807) is 24.3 Å². The normalized spacial score (nSPS) is 14.6. The predicted molar refractivity (Wildman–Crippen MR) is 89.0 cm³/mol. The average molecular weight is 322 g/mol. The lowest BCUT2D eigenvalue weighted by atomic mass is 10.1. The van der Waals surface area contributed by atoms with E-state index in [0.717, 1.165) is 16.8 Å². The molecule has 0 spiro atoms. The Kier molecular flexibility index (Phi) is 3.42. The van der Waals surface area contributed by atoms with Crippen molar-refractivity contribution in [3.63, 3.8) is 0 Å². The zero-order valence-electron chi connectivity index (χ0n) is 12.7. The molecule has 2 heterocycles. The van der Waals surface area contributed by atoms with Gasteiger partial charge in [-0.25, -0.2) is 0 Å². The molecule has 120 valence electrons. The number of fused-ring (bicyclic) bond motifs is 2. The lowest BCUT2D eigenvalue weighted by Crippen LogP contribution is -2.07. The zero-order chi connectivity index (χ0) is 16.5. The summed E-state index contributed by atoms with van der Waals surface area (Å²) < 4.78 is 10.6. The van der Waals surface area contributed by atoms with Crippen LogP contribution in [0.1, 0.15) is 11.1 Å². The first-order valence-corrected chi connectivity index (χ1v) is 7.49. The van der Waals surface area contributed by atoms with Gasteiger partial charge in [-0.2, -0.15) is 0 Å². The number of nitrogens with one attached hydrogen (secondary N) is 2. The van der Waals surface area contributed by atoms with Gasteiger partial charge in [-0.1, -0.05) is 6.07 Å². The summed E-state index contributed by atoms with van der Waals surface area (Å²) in [6.45, 7) is 0.221. The molecule has 2 aliphatic heterocycles. The van der Waals surface area contributed by atoms with Crippen LogP contribution in [0.3, 0.4) is 0 Å². The topological polar surface area (TPSA) is 76.7 Å². The minimum absolute atomic E-state index is 0.0313. The van der Waals surface area contributed by atoms with Gasteiger partial charge in [-0.3, -0.25) is 9.59 Å². The molecule has 0 fully saturated rings. The van der Waals surface area contributed by atoms with Gasteiger partial charge in [0.2, 0.25) is 18.6 Å². The van der Waals surface area contributed by atoms with E-state index < -0.39 is 0 Å². The molecular formula is C18H14N2O4. The second-order valence-electron chi connectivity index (χ2n) is 5.53. The van der Waals surface area contributed by atoms with Crippen LogP contribution in [0.15, 0.2) is 42.5 Å². The Morgan fingerprint density at radius 1 is 1.12 bits per heavy atom. The van der Waals surface area contributed by atoms with Crippen LogP contribution in [0.2, 0.25) is 0 Å². The molecule has 0 aliphatic carbocycles. The smallest absolute Gasteiger partial charge is 0.248 e. The zero-order valence-corrected chi connectivity index (χ0v) is 12.7.